The molecule has 4 N–H and O–H groups in total. The van der Waals surface area contributed by atoms with Gasteiger partial charge in [0.15, 0.2) is 0 Å². The van der Waals surface area contributed by atoms with Crippen LogP contribution in [0.4, 0.5) is 11.4 Å². The van der Waals surface area contributed by atoms with Gasteiger partial charge in [-0.25, -0.2) is 0 Å². The van der Waals surface area contributed by atoms with E-state index in [2.05, 4.69) is 10.2 Å². The molecule has 1 atom stereocenters. The zero-order valence-electron chi connectivity index (χ0n) is 12.2. The topological polar surface area (TPSA) is 78.6 Å². The fourth-order valence-corrected chi connectivity index (χ4v) is 2.74. The van der Waals surface area contributed by atoms with Gasteiger partial charge in [-0.05, 0) is 38.0 Å². The van der Waals surface area contributed by atoms with Crippen molar-refractivity contribution in [2.45, 2.75) is 38.3 Å². The van der Waals surface area contributed by atoms with Crippen LogP contribution in [0.2, 0.25) is 5.02 Å². The van der Waals surface area contributed by atoms with E-state index in [1.54, 1.807) is 18.2 Å². The van der Waals surface area contributed by atoms with Gasteiger partial charge in [-0.15, -0.1) is 0 Å². The zero-order chi connectivity index (χ0) is 15.4. The molecule has 21 heavy (non-hydrogen) atoms. The molecule has 1 aromatic rings. The summed E-state index contributed by atoms with van der Waals surface area (Å²) in [7, 11) is 0. The number of aliphatic hydroxyl groups is 1. The highest BCUT2D eigenvalue weighted by Crippen LogP contribution is 2.27. The van der Waals surface area contributed by atoms with Gasteiger partial charge in [-0.3, -0.25) is 9.69 Å². The molecule has 116 valence electrons. The van der Waals surface area contributed by atoms with E-state index in [4.69, 9.17) is 17.3 Å². The second kappa shape index (κ2) is 7.11. The van der Waals surface area contributed by atoms with Crippen LogP contribution in [-0.4, -0.2) is 41.1 Å². The summed E-state index contributed by atoms with van der Waals surface area (Å²) < 4.78 is 0. The average molecular weight is 312 g/mol. The number of hydrogen-bond acceptors (Lipinski definition) is 4. The molecular weight excluding hydrogens is 290 g/mol. The van der Waals surface area contributed by atoms with Crippen LogP contribution in [0.3, 0.4) is 0 Å². The fourth-order valence-electron chi connectivity index (χ4n) is 2.56. The van der Waals surface area contributed by atoms with Crippen molar-refractivity contribution in [2.24, 2.45) is 0 Å². The smallest absolute Gasteiger partial charge is 0.241 e. The third-order valence-corrected chi connectivity index (χ3v) is 4.29. The van der Waals surface area contributed by atoms with Crippen LogP contribution >= 0.6 is 11.6 Å². The Bertz CT molecular complexity index is 506. The van der Waals surface area contributed by atoms with Crippen LogP contribution in [0.1, 0.15) is 26.2 Å². The lowest BCUT2D eigenvalue weighted by molar-refractivity contribution is -0.122. The first-order chi connectivity index (χ1) is 10.0. The first-order valence-electron chi connectivity index (χ1n) is 7.25. The van der Waals surface area contributed by atoms with Gasteiger partial charge < -0.3 is 16.2 Å². The standard InChI is InChI=1S/C15H22ClN3O2/c1-10(19(7-8-20)12-3-2-4-12)15(21)18-14-6-5-11(16)9-13(14)17/h5-6,9-10,12,20H,2-4,7-8,17H2,1H3,(H,18,21). The molecule has 2 rings (SSSR count). The monoisotopic (exact) mass is 311 g/mol. The third kappa shape index (κ3) is 3.87. The fraction of sp³-hybridized carbons (Fsp3) is 0.533. The Morgan fingerprint density at radius 3 is 2.81 bits per heavy atom. The average Bonchev–Trinajstić information content (AvgIpc) is 2.38. The van der Waals surface area contributed by atoms with Gasteiger partial charge in [0.25, 0.3) is 0 Å². The van der Waals surface area contributed by atoms with E-state index >= 15 is 0 Å². The highest BCUT2D eigenvalue weighted by Gasteiger charge is 2.31. The second-order valence-corrected chi connectivity index (χ2v) is 5.88. The molecule has 0 radical (unpaired) electrons. The summed E-state index contributed by atoms with van der Waals surface area (Å²) in [5.74, 6) is -0.121. The Labute approximate surface area is 130 Å². The molecule has 1 aromatic carbocycles. The summed E-state index contributed by atoms with van der Waals surface area (Å²) in [6, 6.07) is 5.08. The molecule has 1 saturated carbocycles. The quantitative estimate of drug-likeness (QED) is 0.703. The molecule has 5 nitrogen and oxygen atoms in total. The number of rotatable bonds is 6. The van der Waals surface area contributed by atoms with Crippen LogP contribution in [-0.2, 0) is 4.79 Å². The molecule has 0 heterocycles. The zero-order valence-corrected chi connectivity index (χ0v) is 12.9. The first-order valence-corrected chi connectivity index (χ1v) is 7.63. The number of hydrogen-bond donors (Lipinski definition) is 3. The summed E-state index contributed by atoms with van der Waals surface area (Å²) >= 11 is 5.85. The van der Waals surface area contributed by atoms with Gasteiger partial charge in [-0.1, -0.05) is 18.0 Å². The van der Waals surface area contributed by atoms with Crippen molar-refractivity contribution in [3.05, 3.63) is 23.2 Å². The lowest BCUT2D eigenvalue weighted by atomic mass is 9.90. The van der Waals surface area contributed by atoms with E-state index in [9.17, 15) is 9.90 Å². The molecule has 1 aliphatic rings. The van der Waals surface area contributed by atoms with Crippen molar-refractivity contribution in [2.75, 3.05) is 24.2 Å². The number of benzene rings is 1. The Morgan fingerprint density at radius 2 is 2.29 bits per heavy atom. The number of nitrogens with zero attached hydrogens (tertiary/aromatic N) is 1. The van der Waals surface area contributed by atoms with E-state index in [0.717, 1.165) is 12.8 Å². The number of aliphatic hydroxyl groups excluding tert-OH is 1. The maximum atomic E-state index is 12.4. The molecule has 0 saturated heterocycles. The van der Waals surface area contributed by atoms with Crippen LogP contribution in [0.5, 0.6) is 0 Å². The maximum absolute atomic E-state index is 12.4. The van der Waals surface area contributed by atoms with Crippen molar-refractivity contribution < 1.29 is 9.90 Å². The highest BCUT2D eigenvalue weighted by molar-refractivity contribution is 6.31. The van der Waals surface area contributed by atoms with Crippen LogP contribution in [0, 0.1) is 0 Å². The molecule has 1 fully saturated rings. The minimum atomic E-state index is -0.308. The summed E-state index contributed by atoms with van der Waals surface area (Å²) in [6.45, 7) is 2.42. The van der Waals surface area contributed by atoms with E-state index in [0.29, 0.717) is 29.0 Å². The minimum absolute atomic E-state index is 0.0528. The summed E-state index contributed by atoms with van der Waals surface area (Å²) in [6.07, 6.45) is 3.35. The van der Waals surface area contributed by atoms with Crippen LogP contribution in [0.25, 0.3) is 0 Å². The van der Waals surface area contributed by atoms with Gasteiger partial charge in [0, 0.05) is 17.6 Å². The molecule has 1 amide bonds. The Morgan fingerprint density at radius 1 is 1.57 bits per heavy atom. The molecule has 1 aliphatic carbocycles. The summed E-state index contributed by atoms with van der Waals surface area (Å²) in [5.41, 5.74) is 6.86. The normalized spacial score (nSPS) is 16.6. The number of carbonyl (C=O) groups excluding carboxylic acids is 1. The van der Waals surface area contributed by atoms with Crippen molar-refractivity contribution in [1.29, 1.82) is 0 Å². The van der Waals surface area contributed by atoms with E-state index < -0.39 is 0 Å². The van der Waals surface area contributed by atoms with E-state index in [1.807, 2.05) is 6.92 Å². The van der Waals surface area contributed by atoms with Gasteiger partial charge in [0.1, 0.15) is 0 Å². The van der Waals surface area contributed by atoms with Crippen molar-refractivity contribution in [3.63, 3.8) is 0 Å². The predicted molar refractivity (Wildman–Crippen MR) is 85.4 cm³/mol. The molecule has 0 spiro atoms. The van der Waals surface area contributed by atoms with Crippen LogP contribution < -0.4 is 11.1 Å². The van der Waals surface area contributed by atoms with E-state index in [-0.39, 0.29) is 18.6 Å². The van der Waals surface area contributed by atoms with Crippen LogP contribution in [0.15, 0.2) is 18.2 Å². The van der Waals surface area contributed by atoms with Crippen molar-refractivity contribution in [3.8, 4) is 0 Å². The number of nitrogens with one attached hydrogen (secondary N) is 1. The number of carbonyl (C=O) groups is 1. The van der Waals surface area contributed by atoms with Gasteiger partial charge in [0.2, 0.25) is 5.91 Å². The minimum Gasteiger partial charge on any atom is -0.397 e. The van der Waals surface area contributed by atoms with E-state index in [1.165, 1.54) is 6.42 Å². The molecule has 0 bridgehead atoms. The van der Waals surface area contributed by atoms with Gasteiger partial charge in [0.05, 0.1) is 24.0 Å². The highest BCUT2D eigenvalue weighted by atomic mass is 35.5. The largest absolute Gasteiger partial charge is 0.397 e. The molecular formula is C15H22ClN3O2. The lowest BCUT2D eigenvalue weighted by Gasteiger charge is -2.40. The second-order valence-electron chi connectivity index (χ2n) is 5.44. The number of halogens is 1. The Kier molecular flexibility index (Phi) is 5.45. The maximum Gasteiger partial charge on any atom is 0.241 e. The summed E-state index contributed by atoms with van der Waals surface area (Å²) in [4.78, 5) is 14.4. The first kappa shape index (κ1) is 16.1. The molecule has 0 aliphatic heterocycles. The third-order valence-electron chi connectivity index (χ3n) is 4.05. The molecule has 0 aromatic heterocycles. The summed E-state index contributed by atoms with van der Waals surface area (Å²) in [5, 5.41) is 12.6. The van der Waals surface area contributed by atoms with Crippen molar-refractivity contribution >= 4 is 28.9 Å². The lowest BCUT2D eigenvalue weighted by Crippen LogP contribution is -2.51. The van der Waals surface area contributed by atoms with Crippen molar-refractivity contribution in [1.82, 2.24) is 4.90 Å². The Hall–Kier alpha value is -1.30. The van der Waals surface area contributed by atoms with Gasteiger partial charge >= 0.3 is 0 Å². The molecule has 6 heteroatoms. The predicted octanol–water partition coefficient (Wildman–Crippen LogP) is 2.10. The van der Waals surface area contributed by atoms with Gasteiger partial charge in [-0.2, -0.15) is 0 Å². The number of nitrogens with two attached hydrogens (primary N) is 1. The number of amides is 1. The SMILES string of the molecule is CC(C(=O)Nc1ccc(Cl)cc1N)N(CCO)C1CCC1. The number of anilines is 2. The molecule has 1 unspecified atom stereocenters. The number of nitrogen functional groups attached to an aromatic ring is 1. The Balaban J connectivity index is 2.03.